The molecule has 0 amide bonds. The van der Waals surface area contributed by atoms with Gasteiger partial charge >= 0.3 is 0 Å². The third-order valence-electron chi connectivity index (χ3n) is 2.62. The van der Waals surface area contributed by atoms with Gasteiger partial charge in [-0.25, -0.2) is 9.72 Å². The highest BCUT2D eigenvalue weighted by molar-refractivity contribution is 5.96. The normalized spacial score (nSPS) is 12.4. The Kier molecular flexibility index (Phi) is 3.23. The zero-order valence-corrected chi connectivity index (χ0v) is 10.00. The summed E-state index contributed by atoms with van der Waals surface area (Å²) in [5.74, 6) is 0. The van der Waals surface area contributed by atoms with E-state index in [9.17, 15) is 5.21 Å². The van der Waals surface area contributed by atoms with Crippen LogP contribution in [0.25, 0.3) is 0 Å². The van der Waals surface area contributed by atoms with E-state index in [0.29, 0.717) is 6.54 Å². The summed E-state index contributed by atoms with van der Waals surface area (Å²) < 4.78 is 2.79. The molecule has 0 saturated heterocycles. The predicted molar refractivity (Wildman–Crippen MR) is 67.1 cm³/mol. The monoisotopic (exact) mass is 229 g/mol. The quantitative estimate of drug-likeness (QED) is 0.349. The molecule has 0 N–H and O–H groups in total. The van der Waals surface area contributed by atoms with Crippen molar-refractivity contribution in [3.05, 3.63) is 59.3 Å². The minimum Gasteiger partial charge on any atom is -0.624 e. The van der Waals surface area contributed by atoms with Gasteiger partial charge in [-0.3, -0.25) is 0 Å². The summed E-state index contributed by atoms with van der Waals surface area (Å²) in [7, 11) is 1.52. The molecule has 17 heavy (non-hydrogen) atoms. The largest absolute Gasteiger partial charge is 0.624 e. The van der Waals surface area contributed by atoms with Gasteiger partial charge in [-0.2, -0.15) is 0 Å². The van der Waals surface area contributed by atoms with Crippen molar-refractivity contribution < 1.29 is 4.74 Å². The van der Waals surface area contributed by atoms with Crippen LogP contribution in [-0.4, -0.2) is 27.0 Å². The molecule has 1 aromatic carbocycles. The molecule has 0 spiro atoms. The van der Waals surface area contributed by atoms with Crippen molar-refractivity contribution in [1.82, 2.24) is 9.55 Å². The summed E-state index contributed by atoms with van der Waals surface area (Å²) in [5.41, 5.74) is 2.83. The van der Waals surface area contributed by atoms with Crippen molar-refractivity contribution in [1.29, 1.82) is 0 Å². The first kappa shape index (κ1) is 11.4. The number of imidazole rings is 1. The van der Waals surface area contributed by atoms with Crippen LogP contribution in [0.15, 0.2) is 43.0 Å². The number of aromatic nitrogens is 2. The maximum atomic E-state index is 11.6. The number of hydroxylamine groups is 1. The SMILES string of the molecule is Cc1cccc(/C(Cn2ccnc2)=[N+](\C)[O-])c1. The molecular weight excluding hydrogens is 214 g/mol. The number of hydrogen-bond donors (Lipinski definition) is 0. The average Bonchev–Trinajstić information content (AvgIpc) is 2.78. The third-order valence-corrected chi connectivity index (χ3v) is 2.62. The fourth-order valence-corrected chi connectivity index (χ4v) is 1.75. The van der Waals surface area contributed by atoms with Crippen LogP contribution in [0.3, 0.4) is 0 Å². The Morgan fingerprint density at radius 3 is 2.88 bits per heavy atom. The van der Waals surface area contributed by atoms with E-state index in [2.05, 4.69) is 4.98 Å². The molecule has 4 nitrogen and oxygen atoms in total. The molecule has 0 aliphatic carbocycles. The summed E-state index contributed by atoms with van der Waals surface area (Å²) in [6.45, 7) is 2.55. The Bertz CT molecular complexity index is 525. The third kappa shape index (κ3) is 2.72. The van der Waals surface area contributed by atoms with Crippen LogP contribution in [-0.2, 0) is 6.54 Å². The molecule has 0 aliphatic rings. The van der Waals surface area contributed by atoms with Gasteiger partial charge in [-0.1, -0.05) is 17.7 Å². The Labute approximate surface area is 100 Å². The first-order valence-corrected chi connectivity index (χ1v) is 5.46. The Morgan fingerprint density at radius 1 is 1.47 bits per heavy atom. The molecule has 0 unspecified atom stereocenters. The lowest BCUT2D eigenvalue weighted by atomic mass is 10.1. The molecule has 4 heteroatoms. The van der Waals surface area contributed by atoms with Gasteiger partial charge in [0.25, 0.3) is 0 Å². The number of aryl methyl sites for hydroxylation is 1. The van der Waals surface area contributed by atoms with Crippen molar-refractivity contribution in [3.8, 4) is 0 Å². The van der Waals surface area contributed by atoms with Gasteiger partial charge in [-0.05, 0) is 19.1 Å². The first-order valence-electron chi connectivity index (χ1n) is 5.46. The first-order chi connectivity index (χ1) is 8.16. The molecule has 1 heterocycles. The Balaban J connectivity index is 2.34. The van der Waals surface area contributed by atoms with Crippen LogP contribution in [0.1, 0.15) is 11.1 Å². The second-order valence-corrected chi connectivity index (χ2v) is 4.05. The molecule has 0 atom stereocenters. The molecular formula is C13H15N3O. The molecule has 0 saturated carbocycles. The fraction of sp³-hybridized carbons (Fsp3) is 0.231. The maximum Gasteiger partial charge on any atom is 0.214 e. The summed E-state index contributed by atoms with van der Waals surface area (Å²) in [5, 5.41) is 11.6. The molecule has 2 rings (SSSR count). The van der Waals surface area contributed by atoms with E-state index in [0.717, 1.165) is 21.6 Å². The van der Waals surface area contributed by atoms with Crippen molar-refractivity contribution in [3.63, 3.8) is 0 Å². The van der Waals surface area contributed by atoms with Crippen LogP contribution in [0.4, 0.5) is 0 Å². The minimum absolute atomic E-state index is 0.531. The van der Waals surface area contributed by atoms with Crippen molar-refractivity contribution in [2.75, 3.05) is 7.05 Å². The Hall–Kier alpha value is -2.10. The van der Waals surface area contributed by atoms with Gasteiger partial charge < -0.3 is 9.77 Å². The average molecular weight is 229 g/mol. The van der Waals surface area contributed by atoms with E-state index in [4.69, 9.17) is 0 Å². The van der Waals surface area contributed by atoms with E-state index in [1.165, 1.54) is 7.05 Å². The highest BCUT2D eigenvalue weighted by Crippen LogP contribution is 2.07. The highest BCUT2D eigenvalue weighted by atomic mass is 16.5. The number of benzene rings is 1. The molecule has 0 fully saturated rings. The van der Waals surface area contributed by atoms with Crippen LogP contribution < -0.4 is 0 Å². The number of rotatable bonds is 3. The molecule has 0 bridgehead atoms. The zero-order valence-electron chi connectivity index (χ0n) is 10.00. The smallest absolute Gasteiger partial charge is 0.214 e. The lowest BCUT2D eigenvalue weighted by molar-refractivity contribution is -0.423. The summed E-state index contributed by atoms with van der Waals surface area (Å²) >= 11 is 0. The van der Waals surface area contributed by atoms with Crippen LogP contribution in [0.5, 0.6) is 0 Å². The lowest BCUT2D eigenvalue weighted by Gasteiger charge is -2.09. The number of hydrogen-bond acceptors (Lipinski definition) is 2. The lowest BCUT2D eigenvalue weighted by Crippen LogP contribution is -2.19. The number of nitrogens with zero attached hydrogens (tertiary/aromatic N) is 3. The summed E-state index contributed by atoms with van der Waals surface area (Å²) in [6.07, 6.45) is 5.26. The van der Waals surface area contributed by atoms with E-state index < -0.39 is 0 Å². The van der Waals surface area contributed by atoms with Gasteiger partial charge in [0.2, 0.25) is 5.71 Å². The minimum atomic E-state index is 0.531. The second kappa shape index (κ2) is 4.82. The molecule has 0 aliphatic heterocycles. The highest BCUT2D eigenvalue weighted by Gasteiger charge is 2.11. The maximum absolute atomic E-state index is 11.6. The predicted octanol–water partition coefficient (Wildman–Crippen LogP) is 1.82. The molecule has 2 aromatic rings. The van der Waals surface area contributed by atoms with Gasteiger partial charge in [0.1, 0.15) is 13.6 Å². The molecule has 0 radical (unpaired) electrons. The standard InChI is InChI=1S/C13H15N3O/c1-11-4-3-5-12(8-11)13(15(2)17)9-16-7-6-14-10-16/h3-8,10H,9H2,1-2H3/b15-13+. The van der Waals surface area contributed by atoms with Gasteiger partial charge in [0, 0.05) is 18.0 Å². The topological polar surface area (TPSA) is 43.9 Å². The molecule has 1 aromatic heterocycles. The van der Waals surface area contributed by atoms with Crippen molar-refractivity contribution in [2.45, 2.75) is 13.5 Å². The fourth-order valence-electron chi connectivity index (χ4n) is 1.75. The van der Waals surface area contributed by atoms with E-state index >= 15 is 0 Å². The zero-order chi connectivity index (χ0) is 12.3. The summed E-state index contributed by atoms with van der Waals surface area (Å²) in [4.78, 5) is 3.97. The van der Waals surface area contributed by atoms with Crippen LogP contribution in [0.2, 0.25) is 0 Å². The summed E-state index contributed by atoms with van der Waals surface area (Å²) in [6, 6.07) is 7.94. The van der Waals surface area contributed by atoms with Gasteiger partial charge in [0.15, 0.2) is 0 Å². The van der Waals surface area contributed by atoms with E-state index in [1.54, 1.807) is 12.5 Å². The molecule has 88 valence electrons. The van der Waals surface area contributed by atoms with E-state index in [-0.39, 0.29) is 0 Å². The van der Waals surface area contributed by atoms with Gasteiger partial charge in [0.05, 0.1) is 6.33 Å². The van der Waals surface area contributed by atoms with Crippen molar-refractivity contribution in [2.24, 2.45) is 0 Å². The van der Waals surface area contributed by atoms with Crippen molar-refractivity contribution >= 4 is 5.71 Å². The van der Waals surface area contributed by atoms with Crippen LogP contribution in [0, 0.1) is 12.1 Å². The van der Waals surface area contributed by atoms with Crippen LogP contribution >= 0.6 is 0 Å². The Morgan fingerprint density at radius 2 is 2.29 bits per heavy atom. The van der Waals surface area contributed by atoms with Gasteiger partial charge in [-0.15, -0.1) is 0 Å². The van der Waals surface area contributed by atoms with E-state index in [1.807, 2.05) is 42.0 Å². The second-order valence-electron chi connectivity index (χ2n) is 4.05.